The topological polar surface area (TPSA) is 24.5 Å². The van der Waals surface area contributed by atoms with Crippen LogP contribution in [0.3, 0.4) is 0 Å². The molecule has 3 heteroatoms. The van der Waals surface area contributed by atoms with Crippen LogP contribution in [-0.2, 0) is 4.74 Å². The lowest BCUT2D eigenvalue weighted by Gasteiger charge is -2.29. The summed E-state index contributed by atoms with van der Waals surface area (Å²) in [7, 11) is 1.81. The molecular formula is C15H30N2O. The van der Waals surface area contributed by atoms with Gasteiger partial charge in [0, 0.05) is 25.7 Å². The van der Waals surface area contributed by atoms with E-state index in [-0.39, 0.29) is 0 Å². The van der Waals surface area contributed by atoms with Crippen LogP contribution in [-0.4, -0.2) is 50.3 Å². The van der Waals surface area contributed by atoms with Crippen molar-refractivity contribution in [3.05, 3.63) is 0 Å². The van der Waals surface area contributed by atoms with Gasteiger partial charge in [-0.25, -0.2) is 0 Å². The Morgan fingerprint density at radius 2 is 1.94 bits per heavy atom. The number of nitrogens with one attached hydrogen (secondary N) is 1. The lowest BCUT2D eigenvalue weighted by atomic mass is 10.1. The normalized spacial score (nSPS) is 21.5. The van der Waals surface area contributed by atoms with Crippen molar-refractivity contribution >= 4 is 0 Å². The number of unbranched alkanes of at least 4 members (excludes halogenated alkanes) is 1. The lowest BCUT2D eigenvalue weighted by Crippen LogP contribution is -2.38. The average Bonchev–Trinajstić information content (AvgIpc) is 3.25. The SMILES string of the molecule is COCCN(CCCCNC1CC1)C(C)C1CC1. The summed E-state index contributed by atoms with van der Waals surface area (Å²) in [5.41, 5.74) is 0. The van der Waals surface area contributed by atoms with E-state index in [9.17, 15) is 0 Å². The van der Waals surface area contributed by atoms with E-state index in [0.29, 0.717) is 0 Å². The van der Waals surface area contributed by atoms with Gasteiger partial charge in [-0.3, -0.25) is 4.90 Å². The monoisotopic (exact) mass is 254 g/mol. The van der Waals surface area contributed by atoms with Crippen LogP contribution in [0, 0.1) is 5.92 Å². The standard InChI is InChI=1S/C15H30N2O/c1-13(14-5-6-14)17(11-12-18-2)10-4-3-9-16-15-7-8-15/h13-16H,3-12H2,1-2H3. The van der Waals surface area contributed by atoms with Crippen molar-refractivity contribution in [1.82, 2.24) is 10.2 Å². The van der Waals surface area contributed by atoms with Gasteiger partial charge in [0.25, 0.3) is 0 Å². The zero-order chi connectivity index (χ0) is 12.8. The summed E-state index contributed by atoms with van der Waals surface area (Å²) in [6.07, 6.45) is 8.32. The summed E-state index contributed by atoms with van der Waals surface area (Å²) in [5, 5.41) is 3.59. The van der Waals surface area contributed by atoms with Crippen LogP contribution in [0.1, 0.15) is 45.4 Å². The maximum atomic E-state index is 5.24. The second-order valence-electron chi connectivity index (χ2n) is 6.04. The van der Waals surface area contributed by atoms with Crippen LogP contribution in [0.5, 0.6) is 0 Å². The lowest BCUT2D eigenvalue weighted by molar-refractivity contribution is 0.115. The van der Waals surface area contributed by atoms with Crippen LogP contribution < -0.4 is 5.32 Å². The first-order valence-corrected chi connectivity index (χ1v) is 7.77. The van der Waals surface area contributed by atoms with Crippen LogP contribution in [0.2, 0.25) is 0 Å². The van der Waals surface area contributed by atoms with Gasteiger partial charge in [-0.05, 0) is 64.5 Å². The molecule has 2 saturated carbocycles. The molecule has 3 nitrogen and oxygen atoms in total. The highest BCUT2D eigenvalue weighted by molar-refractivity contribution is 4.85. The molecule has 2 fully saturated rings. The molecule has 0 aromatic heterocycles. The summed E-state index contributed by atoms with van der Waals surface area (Å²) >= 11 is 0. The summed E-state index contributed by atoms with van der Waals surface area (Å²) < 4.78 is 5.24. The van der Waals surface area contributed by atoms with E-state index in [1.165, 1.54) is 51.6 Å². The van der Waals surface area contributed by atoms with Crippen molar-refractivity contribution in [1.29, 1.82) is 0 Å². The zero-order valence-corrected chi connectivity index (χ0v) is 12.2. The molecule has 0 radical (unpaired) electrons. The molecule has 2 rings (SSSR count). The third-order valence-corrected chi connectivity index (χ3v) is 4.35. The van der Waals surface area contributed by atoms with Crippen molar-refractivity contribution in [3.63, 3.8) is 0 Å². The third kappa shape index (κ3) is 5.25. The molecule has 0 bridgehead atoms. The molecule has 1 N–H and O–H groups in total. The van der Waals surface area contributed by atoms with Gasteiger partial charge in [0.1, 0.15) is 0 Å². The number of methoxy groups -OCH3 is 1. The molecule has 2 aliphatic carbocycles. The first-order chi connectivity index (χ1) is 8.81. The van der Waals surface area contributed by atoms with E-state index in [0.717, 1.165) is 31.2 Å². The minimum Gasteiger partial charge on any atom is -0.383 e. The largest absolute Gasteiger partial charge is 0.383 e. The molecular weight excluding hydrogens is 224 g/mol. The van der Waals surface area contributed by atoms with Crippen molar-refractivity contribution in [2.45, 2.75) is 57.5 Å². The highest BCUT2D eigenvalue weighted by Crippen LogP contribution is 2.35. The molecule has 0 aliphatic heterocycles. The Morgan fingerprint density at radius 1 is 1.17 bits per heavy atom. The van der Waals surface area contributed by atoms with Gasteiger partial charge >= 0.3 is 0 Å². The molecule has 2 aliphatic rings. The maximum Gasteiger partial charge on any atom is 0.0589 e. The molecule has 0 saturated heterocycles. The Morgan fingerprint density at radius 3 is 2.56 bits per heavy atom. The van der Waals surface area contributed by atoms with E-state index in [1.807, 2.05) is 0 Å². The predicted molar refractivity (Wildman–Crippen MR) is 75.9 cm³/mol. The highest BCUT2D eigenvalue weighted by Gasteiger charge is 2.31. The smallest absolute Gasteiger partial charge is 0.0589 e. The van der Waals surface area contributed by atoms with E-state index in [1.54, 1.807) is 7.11 Å². The van der Waals surface area contributed by atoms with Gasteiger partial charge in [0.2, 0.25) is 0 Å². The number of hydrogen-bond acceptors (Lipinski definition) is 3. The van der Waals surface area contributed by atoms with E-state index >= 15 is 0 Å². The van der Waals surface area contributed by atoms with Crippen molar-refractivity contribution in [2.24, 2.45) is 5.92 Å². The van der Waals surface area contributed by atoms with Gasteiger partial charge in [-0.2, -0.15) is 0 Å². The van der Waals surface area contributed by atoms with E-state index in [4.69, 9.17) is 4.74 Å². The van der Waals surface area contributed by atoms with Crippen LogP contribution in [0.4, 0.5) is 0 Å². The summed E-state index contributed by atoms with van der Waals surface area (Å²) in [5.74, 6) is 0.964. The molecule has 0 aromatic carbocycles. The second kappa shape index (κ2) is 7.46. The van der Waals surface area contributed by atoms with Gasteiger partial charge in [0.15, 0.2) is 0 Å². The minimum atomic E-state index is 0.761. The van der Waals surface area contributed by atoms with Crippen LogP contribution >= 0.6 is 0 Å². The molecule has 0 amide bonds. The molecule has 0 spiro atoms. The molecule has 18 heavy (non-hydrogen) atoms. The Balaban J connectivity index is 1.56. The fourth-order valence-corrected chi connectivity index (χ4v) is 2.64. The van der Waals surface area contributed by atoms with Gasteiger partial charge in [-0.15, -0.1) is 0 Å². The van der Waals surface area contributed by atoms with Crippen LogP contribution in [0.15, 0.2) is 0 Å². The summed E-state index contributed by atoms with van der Waals surface area (Å²) in [6.45, 7) is 6.82. The van der Waals surface area contributed by atoms with Crippen molar-refractivity contribution in [2.75, 3.05) is 33.4 Å². The minimum absolute atomic E-state index is 0.761. The molecule has 106 valence electrons. The second-order valence-corrected chi connectivity index (χ2v) is 6.04. The quantitative estimate of drug-likeness (QED) is 0.572. The number of rotatable bonds is 11. The first kappa shape index (κ1) is 14.3. The van der Waals surface area contributed by atoms with Gasteiger partial charge in [-0.1, -0.05) is 0 Å². The summed E-state index contributed by atoms with van der Waals surface area (Å²) in [6, 6.07) is 1.62. The van der Waals surface area contributed by atoms with Crippen molar-refractivity contribution in [3.8, 4) is 0 Å². The number of hydrogen-bond donors (Lipinski definition) is 1. The van der Waals surface area contributed by atoms with Gasteiger partial charge < -0.3 is 10.1 Å². The Kier molecular flexibility index (Phi) is 5.93. The Labute approximate surface area is 112 Å². The Bertz CT molecular complexity index is 227. The maximum absolute atomic E-state index is 5.24. The first-order valence-electron chi connectivity index (χ1n) is 7.77. The molecule has 1 unspecified atom stereocenters. The van der Waals surface area contributed by atoms with Crippen LogP contribution in [0.25, 0.3) is 0 Å². The predicted octanol–water partition coefficient (Wildman–Crippen LogP) is 2.27. The third-order valence-electron chi connectivity index (χ3n) is 4.35. The number of ether oxygens (including phenoxy) is 1. The number of nitrogens with zero attached hydrogens (tertiary/aromatic N) is 1. The molecule has 0 aromatic rings. The van der Waals surface area contributed by atoms with E-state index < -0.39 is 0 Å². The zero-order valence-electron chi connectivity index (χ0n) is 12.2. The van der Waals surface area contributed by atoms with Crippen molar-refractivity contribution < 1.29 is 4.74 Å². The summed E-state index contributed by atoms with van der Waals surface area (Å²) in [4.78, 5) is 2.64. The van der Waals surface area contributed by atoms with E-state index in [2.05, 4.69) is 17.1 Å². The molecule has 1 atom stereocenters. The Hall–Kier alpha value is -0.120. The highest BCUT2D eigenvalue weighted by atomic mass is 16.5. The molecule has 0 heterocycles. The fraction of sp³-hybridized carbons (Fsp3) is 1.00. The fourth-order valence-electron chi connectivity index (χ4n) is 2.64. The van der Waals surface area contributed by atoms with Gasteiger partial charge in [0.05, 0.1) is 6.61 Å². The average molecular weight is 254 g/mol.